The highest BCUT2D eigenvalue weighted by atomic mass is 32.1. The van der Waals surface area contributed by atoms with Gasteiger partial charge in [0.1, 0.15) is 0 Å². The van der Waals surface area contributed by atoms with E-state index in [1.165, 1.54) is 6.42 Å². The summed E-state index contributed by atoms with van der Waals surface area (Å²) < 4.78 is 5.66. The average molecular weight is 350 g/mol. The Labute approximate surface area is 147 Å². The summed E-state index contributed by atoms with van der Waals surface area (Å²) in [5, 5.41) is 6.36. The quantitative estimate of drug-likeness (QED) is 0.889. The molecule has 0 saturated carbocycles. The van der Waals surface area contributed by atoms with Crippen LogP contribution in [-0.2, 0) is 4.74 Å². The predicted molar refractivity (Wildman–Crippen MR) is 94.6 cm³/mol. The van der Waals surface area contributed by atoms with Crippen molar-refractivity contribution < 1.29 is 9.53 Å². The number of nitrogens with one attached hydrogen (secondary N) is 1. The molecule has 3 fully saturated rings. The molecule has 6 nitrogen and oxygen atoms in total. The van der Waals surface area contributed by atoms with Crippen molar-refractivity contribution >= 4 is 22.5 Å². The fourth-order valence-electron chi connectivity index (χ4n) is 4.19. The second-order valence-corrected chi connectivity index (χ2v) is 8.23. The maximum absolute atomic E-state index is 12.6. The molecule has 4 heterocycles. The van der Waals surface area contributed by atoms with Crippen LogP contribution in [0.1, 0.15) is 32.1 Å². The van der Waals surface area contributed by atoms with Gasteiger partial charge < -0.3 is 19.9 Å². The Morgan fingerprint density at radius 1 is 1.33 bits per heavy atom. The SMILES string of the molecule is O=C(NC1CCN(c2nccs2)CC1)N1CCC2(CCCOC2)C1. The van der Waals surface area contributed by atoms with Crippen molar-refractivity contribution in [1.82, 2.24) is 15.2 Å². The second kappa shape index (κ2) is 6.88. The molecule has 1 spiro atoms. The van der Waals surface area contributed by atoms with E-state index in [0.717, 1.165) is 70.2 Å². The minimum absolute atomic E-state index is 0.116. The van der Waals surface area contributed by atoms with Gasteiger partial charge in [-0.25, -0.2) is 9.78 Å². The highest BCUT2D eigenvalue weighted by Crippen LogP contribution is 2.38. The summed E-state index contributed by atoms with van der Waals surface area (Å²) in [7, 11) is 0. The van der Waals surface area contributed by atoms with Crippen LogP contribution >= 0.6 is 11.3 Å². The zero-order chi connectivity index (χ0) is 16.4. The smallest absolute Gasteiger partial charge is 0.317 e. The van der Waals surface area contributed by atoms with Crippen molar-refractivity contribution in [2.24, 2.45) is 5.41 Å². The molecule has 1 unspecified atom stereocenters. The molecule has 24 heavy (non-hydrogen) atoms. The number of nitrogens with zero attached hydrogens (tertiary/aromatic N) is 3. The number of carbonyl (C=O) groups is 1. The average Bonchev–Trinajstić information content (AvgIpc) is 3.27. The molecule has 4 rings (SSSR count). The summed E-state index contributed by atoms with van der Waals surface area (Å²) in [5.74, 6) is 0. The Morgan fingerprint density at radius 2 is 2.21 bits per heavy atom. The summed E-state index contributed by atoms with van der Waals surface area (Å²) in [6, 6.07) is 0.401. The van der Waals surface area contributed by atoms with E-state index >= 15 is 0 Å². The number of amides is 2. The largest absolute Gasteiger partial charge is 0.381 e. The minimum Gasteiger partial charge on any atom is -0.381 e. The van der Waals surface area contributed by atoms with Gasteiger partial charge in [-0.05, 0) is 32.1 Å². The van der Waals surface area contributed by atoms with E-state index in [1.54, 1.807) is 11.3 Å². The normalized spacial score (nSPS) is 28.5. The minimum atomic E-state index is 0.116. The molecule has 2 amide bonds. The molecule has 1 aromatic heterocycles. The number of urea groups is 1. The van der Waals surface area contributed by atoms with E-state index in [2.05, 4.69) is 15.2 Å². The molecule has 132 valence electrons. The first-order valence-corrected chi connectivity index (χ1v) is 9.90. The van der Waals surface area contributed by atoms with Crippen LogP contribution < -0.4 is 10.2 Å². The summed E-state index contributed by atoms with van der Waals surface area (Å²) in [6.45, 7) is 5.37. The zero-order valence-electron chi connectivity index (χ0n) is 14.1. The standard InChI is InChI=1S/C17H26N4O2S/c22-15(21-9-5-17(12-21)4-1-10-23-13-17)19-14-2-7-20(8-3-14)16-18-6-11-24-16/h6,11,14H,1-5,7-10,12-13H2,(H,19,22). The van der Waals surface area contributed by atoms with E-state index < -0.39 is 0 Å². The molecular weight excluding hydrogens is 324 g/mol. The van der Waals surface area contributed by atoms with Gasteiger partial charge in [-0.1, -0.05) is 0 Å². The topological polar surface area (TPSA) is 57.7 Å². The molecule has 1 atom stereocenters. The van der Waals surface area contributed by atoms with Gasteiger partial charge >= 0.3 is 6.03 Å². The van der Waals surface area contributed by atoms with Crippen LogP contribution in [0.15, 0.2) is 11.6 Å². The van der Waals surface area contributed by atoms with Gasteiger partial charge in [0.2, 0.25) is 0 Å². The summed E-state index contributed by atoms with van der Waals surface area (Å²) >= 11 is 1.68. The van der Waals surface area contributed by atoms with Crippen LogP contribution in [-0.4, -0.2) is 61.3 Å². The molecule has 0 aliphatic carbocycles. The van der Waals surface area contributed by atoms with Crippen molar-refractivity contribution in [3.63, 3.8) is 0 Å². The van der Waals surface area contributed by atoms with E-state index in [0.29, 0.717) is 0 Å². The Balaban J connectivity index is 1.25. The first-order chi connectivity index (χ1) is 11.7. The van der Waals surface area contributed by atoms with Crippen molar-refractivity contribution in [2.75, 3.05) is 44.3 Å². The summed E-state index contributed by atoms with van der Waals surface area (Å²) in [5.41, 5.74) is 0.226. The van der Waals surface area contributed by atoms with E-state index in [1.807, 2.05) is 16.5 Å². The molecule has 0 bridgehead atoms. The maximum atomic E-state index is 12.6. The number of thiazole rings is 1. The van der Waals surface area contributed by atoms with Gasteiger partial charge in [-0.15, -0.1) is 11.3 Å². The fraction of sp³-hybridized carbons (Fsp3) is 0.765. The number of carbonyl (C=O) groups excluding carboxylic acids is 1. The van der Waals surface area contributed by atoms with Crippen LogP contribution in [0.5, 0.6) is 0 Å². The number of likely N-dealkylation sites (tertiary alicyclic amines) is 1. The molecular formula is C17H26N4O2S. The number of ether oxygens (including phenoxy) is 1. The zero-order valence-corrected chi connectivity index (χ0v) is 14.9. The van der Waals surface area contributed by atoms with Gasteiger partial charge in [0.05, 0.1) is 6.61 Å². The highest BCUT2D eigenvalue weighted by molar-refractivity contribution is 7.13. The summed E-state index contributed by atoms with van der Waals surface area (Å²) in [6.07, 6.45) is 7.25. The lowest BCUT2D eigenvalue weighted by Crippen LogP contribution is -2.49. The number of hydrogen-bond donors (Lipinski definition) is 1. The molecule has 1 aromatic rings. The van der Waals surface area contributed by atoms with E-state index in [9.17, 15) is 4.79 Å². The van der Waals surface area contributed by atoms with Gasteiger partial charge in [0.15, 0.2) is 5.13 Å². The number of anilines is 1. The van der Waals surface area contributed by atoms with Crippen LogP contribution in [0, 0.1) is 5.41 Å². The first kappa shape index (κ1) is 16.1. The molecule has 3 saturated heterocycles. The molecule has 7 heteroatoms. The third-order valence-corrected chi connectivity index (χ3v) is 6.47. The second-order valence-electron chi connectivity index (χ2n) is 7.35. The molecule has 0 radical (unpaired) electrons. The Morgan fingerprint density at radius 3 is 2.92 bits per heavy atom. The van der Waals surface area contributed by atoms with E-state index in [4.69, 9.17) is 4.74 Å². The number of aromatic nitrogens is 1. The van der Waals surface area contributed by atoms with Gasteiger partial charge in [0, 0.05) is 55.8 Å². The van der Waals surface area contributed by atoms with Gasteiger partial charge in [0.25, 0.3) is 0 Å². The van der Waals surface area contributed by atoms with Crippen molar-refractivity contribution in [3.8, 4) is 0 Å². The lowest BCUT2D eigenvalue weighted by molar-refractivity contribution is -0.000486. The van der Waals surface area contributed by atoms with Crippen LogP contribution in [0.25, 0.3) is 0 Å². The predicted octanol–water partition coefficient (Wildman–Crippen LogP) is 2.32. The Bertz CT molecular complexity index is 551. The molecule has 0 aromatic carbocycles. The molecule has 3 aliphatic heterocycles. The number of hydrogen-bond acceptors (Lipinski definition) is 5. The van der Waals surface area contributed by atoms with Crippen LogP contribution in [0.3, 0.4) is 0 Å². The van der Waals surface area contributed by atoms with Gasteiger partial charge in [-0.3, -0.25) is 0 Å². The Kier molecular flexibility index (Phi) is 4.63. The third-order valence-electron chi connectivity index (χ3n) is 5.64. The summed E-state index contributed by atoms with van der Waals surface area (Å²) in [4.78, 5) is 21.3. The Hall–Kier alpha value is -1.34. The van der Waals surface area contributed by atoms with Gasteiger partial charge in [-0.2, -0.15) is 0 Å². The number of rotatable bonds is 2. The maximum Gasteiger partial charge on any atom is 0.317 e. The van der Waals surface area contributed by atoms with Crippen LogP contribution in [0.4, 0.5) is 9.93 Å². The van der Waals surface area contributed by atoms with Crippen LogP contribution in [0.2, 0.25) is 0 Å². The third kappa shape index (κ3) is 3.37. The van der Waals surface area contributed by atoms with Crippen molar-refractivity contribution in [3.05, 3.63) is 11.6 Å². The van der Waals surface area contributed by atoms with Crippen molar-refractivity contribution in [1.29, 1.82) is 0 Å². The lowest BCUT2D eigenvalue weighted by atomic mass is 9.82. The monoisotopic (exact) mass is 350 g/mol. The highest BCUT2D eigenvalue weighted by Gasteiger charge is 2.41. The molecule has 3 aliphatic rings. The van der Waals surface area contributed by atoms with Crippen molar-refractivity contribution in [2.45, 2.75) is 38.1 Å². The number of piperidine rings is 1. The van der Waals surface area contributed by atoms with E-state index in [-0.39, 0.29) is 17.5 Å². The lowest BCUT2D eigenvalue weighted by Gasteiger charge is -2.34. The first-order valence-electron chi connectivity index (χ1n) is 9.02. The fourth-order valence-corrected chi connectivity index (χ4v) is 4.89. The molecule has 1 N–H and O–H groups in total.